The van der Waals surface area contributed by atoms with Crippen LogP contribution in [-0.2, 0) is 30.4 Å². The Morgan fingerprint density at radius 3 is 2.12 bits per heavy atom. The van der Waals surface area contributed by atoms with Crippen molar-refractivity contribution in [3.8, 4) is 0 Å². The predicted molar refractivity (Wildman–Crippen MR) is 121 cm³/mol. The molecule has 0 saturated carbocycles. The van der Waals surface area contributed by atoms with Gasteiger partial charge in [-0.2, -0.15) is 12.6 Å². The Labute approximate surface area is 196 Å². The number of hydrogen-bond donors (Lipinski definition) is 8. The summed E-state index contributed by atoms with van der Waals surface area (Å²) >= 11 is 3.90. The van der Waals surface area contributed by atoms with Gasteiger partial charge >= 0.3 is 5.97 Å². The fraction of sp³-hybridized carbons (Fsp3) is 0.579. The van der Waals surface area contributed by atoms with E-state index in [9.17, 15) is 24.0 Å². The maximum absolute atomic E-state index is 12.8. The van der Waals surface area contributed by atoms with Crippen LogP contribution in [0.15, 0.2) is 12.5 Å². The van der Waals surface area contributed by atoms with E-state index in [0.29, 0.717) is 5.69 Å². The number of carbonyl (C=O) groups excluding carboxylic acids is 4. The lowest BCUT2D eigenvalue weighted by atomic mass is 10.0. The van der Waals surface area contributed by atoms with Gasteiger partial charge in [0.05, 0.1) is 18.8 Å². The number of aromatic nitrogens is 2. The van der Waals surface area contributed by atoms with E-state index in [-0.39, 0.29) is 24.5 Å². The van der Waals surface area contributed by atoms with Crippen LogP contribution in [0.25, 0.3) is 0 Å². The first-order valence-electron chi connectivity index (χ1n) is 10.2. The Bertz CT molecular complexity index is 833. The van der Waals surface area contributed by atoms with E-state index < -0.39 is 60.2 Å². The van der Waals surface area contributed by atoms with Crippen molar-refractivity contribution in [3.05, 3.63) is 18.2 Å². The average molecular weight is 486 g/mol. The molecule has 0 radical (unpaired) electrons. The molecular weight excluding hydrogens is 454 g/mol. The number of aliphatic carboxylic acids is 1. The maximum Gasteiger partial charge on any atom is 0.327 e. The van der Waals surface area contributed by atoms with Crippen molar-refractivity contribution in [1.82, 2.24) is 25.9 Å². The van der Waals surface area contributed by atoms with Gasteiger partial charge in [0.1, 0.15) is 18.1 Å². The van der Waals surface area contributed by atoms with Gasteiger partial charge in [-0.25, -0.2) is 9.78 Å². The predicted octanol–water partition coefficient (Wildman–Crippen LogP) is -2.33. The number of nitrogens with one attached hydrogen (secondary N) is 4. The number of nitrogens with two attached hydrogens (primary N) is 2. The lowest BCUT2D eigenvalue weighted by molar-refractivity contribution is -0.141. The van der Waals surface area contributed by atoms with Crippen LogP contribution in [0.3, 0.4) is 0 Å². The third-order valence-corrected chi connectivity index (χ3v) is 4.87. The fourth-order valence-corrected chi connectivity index (χ4v) is 3.10. The minimum Gasteiger partial charge on any atom is -0.480 e. The molecular formula is C19H31N7O6S. The van der Waals surface area contributed by atoms with Crippen molar-refractivity contribution in [2.75, 3.05) is 5.75 Å². The summed E-state index contributed by atoms with van der Waals surface area (Å²) < 4.78 is 0. The summed E-state index contributed by atoms with van der Waals surface area (Å²) in [5, 5.41) is 16.3. The molecule has 0 spiro atoms. The first kappa shape index (κ1) is 27.9. The van der Waals surface area contributed by atoms with Crippen molar-refractivity contribution in [1.29, 1.82) is 0 Å². The minimum absolute atomic E-state index is 0.0488. The average Bonchev–Trinajstić information content (AvgIpc) is 3.22. The Morgan fingerprint density at radius 1 is 1.06 bits per heavy atom. The molecule has 0 fully saturated rings. The first-order valence-corrected chi connectivity index (χ1v) is 10.8. The zero-order valence-corrected chi connectivity index (χ0v) is 19.3. The van der Waals surface area contributed by atoms with Crippen LogP contribution in [0.2, 0.25) is 0 Å². The Morgan fingerprint density at radius 2 is 1.64 bits per heavy atom. The number of carboxylic acids is 1. The summed E-state index contributed by atoms with van der Waals surface area (Å²) in [4.78, 5) is 67.2. The number of imidazole rings is 1. The largest absolute Gasteiger partial charge is 0.480 e. The highest BCUT2D eigenvalue weighted by molar-refractivity contribution is 7.80. The van der Waals surface area contributed by atoms with Gasteiger partial charge in [0.15, 0.2) is 0 Å². The molecule has 0 aromatic carbocycles. The molecule has 4 unspecified atom stereocenters. The van der Waals surface area contributed by atoms with Gasteiger partial charge in [-0.1, -0.05) is 13.8 Å². The maximum atomic E-state index is 12.8. The lowest BCUT2D eigenvalue weighted by Crippen LogP contribution is -2.58. The van der Waals surface area contributed by atoms with Gasteiger partial charge in [0.25, 0.3) is 0 Å². The van der Waals surface area contributed by atoms with E-state index in [2.05, 4.69) is 38.5 Å². The van der Waals surface area contributed by atoms with Gasteiger partial charge in [-0.05, 0) is 12.3 Å². The van der Waals surface area contributed by atoms with Crippen LogP contribution < -0.4 is 27.4 Å². The van der Waals surface area contributed by atoms with E-state index in [1.54, 1.807) is 13.8 Å². The molecule has 4 atom stereocenters. The molecule has 33 heavy (non-hydrogen) atoms. The standard InChI is InChI=1S/C19H31N7O6S/c1-9(2)3-12(17(29)26-14(7-33)19(31)32)25-18(30)13(5-15(21)27)24-16(28)11(20)4-10-6-22-8-23-10/h6,8-9,11-14,33H,3-5,7,20H2,1-2H3,(H2,21,27)(H,22,23)(H,24,28)(H,25,30)(H,26,29)(H,31,32). The van der Waals surface area contributed by atoms with Crippen molar-refractivity contribution in [3.63, 3.8) is 0 Å². The van der Waals surface area contributed by atoms with Gasteiger partial charge in [0.2, 0.25) is 23.6 Å². The van der Waals surface area contributed by atoms with Crippen LogP contribution in [0.1, 0.15) is 32.4 Å². The first-order chi connectivity index (χ1) is 15.4. The quantitative estimate of drug-likeness (QED) is 0.133. The molecule has 0 aliphatic rings. The normalized spacial score (nSPS) is 14.6. The third-order valence-electron chi connectivity index (χ3n) is 4.51. The summed E-state index contributed by atoms with van der Waals surface area (Å²) in [5.74, 6) is -4.63. The monoisotopic (exact) mass is 485 g/mol. The van der Waals surface area contributed by atoms with Crippen LogP contribution in [0.5, 0.6) is 0 Å². The van der Waals surface area contributed by atoms with Gasteiger partial charge in [-0.3, -0.25) is 19.2 Å². The molecule has 4 amide bonds. The highest BCUT2D eigenvalue weighted by atomic mass is 32.1. The summed E-state index contributed by atoms with van der Waals surface area (Å²) in [7, 11) is 0. The zero-order valence-electron chi connectivity index (χ0n) is 18.4. The van der Waals surface area contributed by atoms with Gasteiger partial charge in [0, 0.05) is 24.1 Å². The molecule has 14 heteroatoms. The lowest BCUT2D eigenvalue weighted by Gasteiger charge is -2.25. The molecule has 1 heterocycles. The number of nitrogens with zero attached hydrogens (tertiary/aromatic N) is 1. The topological polar surface area (TPSA) is 222 Å². The fourth-order valence-electron chi connectivity index (χ4n) is 2.85. The highest BCUT2D eigenvalue weighted by Crippen LogP contribution is 2.07. The molecule has 0 bridgehead atoms. The number of carboxylic acid groups (broad SMARTS) is 1. The van der Waals surface area contributed by atoms with E-state index in [0.717, 1.165) is 0 Å². The second-order valence-electron chi connectivity index (χ2n) is 7.89. The SMILES string of the molecule is CC(C)CC(NC(=O)C(CC(N)=O)NC(=O)C(N)Cc1cnc[nH]1)C(=O)NC(CS)C(=O)O. The van der Waals surface area contributed by atoms with Crippen molar-refractivity contribution >= 4 is 42.2 Å². The van der Waals surface area contributed by atoms with E-state index >= 15 is 0 Å². The molecule has 1 aromatic heterocycles. The second kappa shape index (κ2) is 13.4. The number of hydrogen-bond acceptors (Lipinski definition) is 8. The number of amides is 4. The molecule has 184 valence electrons. The van der Waals surface area contributed by atoms with Gasteiger partial charge in [-0.15, -0.1) is 0 Å². The summed E-state index contributed by atoms with van der Waals surface area (Å²) in [5.41, 5.74) is 11.7. The number of H-pyrrole nitrogens is 1. The van der Waals surface area contributed by atoms with Crippen molar-refractivity contribution < 1.29 is 29.1 Å². The summed E-state index contributed by atoms with van der Waals surface area (Å²) in [6, 6.07) is -4.81. The van der Waals surface area contributed by atoms with Gasteiger partial charge < -0.3 is 37.5 Å². The Balaban J connectivity index is 2.92. The second-order valence-corrected chi connectivity index (χ2v) is 8.26. The number of aromatic amines is 1. The molecule has 0 aliphatic heterocycles. The van der Waals surface area contributed by atoms with E-state index in [4.69, 9.17) is 16.6 Å². The molecule has 0 saturated heterocycles. The minimum atomic E-state index is -1.38. The Kier molecular flexibility index (Phi) is 11.4. The molecule has 9 N–H and O–H groups in total. The smallest absolute Gasteiger partial charge is 0.327 e. The van der Waals surface area contributed by atoms with Crippen molar-refractivity contribution in [2.24, 2.45) is 17.4 Å². The molecule has 1 aromatic rings. The van der Waals surface area contributed by atoms with Crippen LogP contribution in [-0.4, -0.2) is 74.6 Å². The van der Waals surface area contributed by atoms with Crippen LogP contribution in [0, 0.1) is 5.92 Å². The van der Waals surface area contributed by atoms with Crippen molar-refractivity contribution in [2.45, 2.75) is 57.3 Å². The van der Waals surface area contributed by atoms with E-state index in [1.165, 1.54) is 12.5 Å². The summed E-state index contributed by atoms with van der Waals surface area (Å²) in [6.07, 6.45) is 2.66. The summed E-state index contributed by atoms with van der Waals surface area (Å²) in [6.45, 7) is 3.60. The molecule has 0 aliphatic carbocycles. The zero-order chi connectivity index (χ0) is 25.1. The number of carbonyl (C=O) groups is 5. The number of thiol groups is 1. The third kappa shape index (κ3) is 9.91. The van der Waals surface area contributed by atoms with Crippen LogP contribution >= 0.6 is 12.6 Å². The highest BCUT2D eigenvalue weighted by Gasteiger charge is 2.31. The number of rotatable bonds is 14. The Hall–Kier alpha value is -3.13. The molecule has 1 rings (SSSR count). The molecule has 13 nitrogen and oxygen atoms in total. The van der Waals surface area contributed by atoms with Crippen LogP contribution in [0.4, 0.5) is 0 Å². The van der Waals surface area contributed by atoms with E-state index in [1.807, 2.05) is 0 Å². The number of primary amides is 1.